The summed E-state index contributed by atoms with van der Waals surface area (Å²) in [5.74, 6) is -9.09. The number of benzene rings is 3. The van der Waals surface area contributed by atoms with Gasteiger partial charge < -0.3 is 103 Å². The Morgan fingerprint density at radius 3 is 0.902 bits per heavy atom. The highest BCUT2D eigenvalue weighted by Crippen LogP contribution is 2.43. The van der Waals surface area contributed by atoms with Gasteiger partial charge in [-0.05, 0) is 74.5 Å². The maximum absolute atomic E-state index is 14.9. The van der Waals surface area contributed by atoms with E-state index in [0.717, 1.165) is 72.1 Å². The Morgan fingerprint density at radius 2 is 0.607 bits per heavy atom. The van der Waals surface area contributed by atoms with Crippen LogP contribution >= 0.6 is 0 Å². The summed E-state index contributed by atoms with van der Waals surface area (Å²) in [6.45, 7) is 14.2. The summed E-state index contributed by atoms with van der Waals surface area (Å²) in [5, 5.41) is 14.1. The molecule has 6 amide bonds. The monoisotopic (exact) mass is 1720 g/mol. The highest BCUT2D eigenvalue weighted by atomic mass is 16.7. The molecule has 0 spiro atoms. The molecule has 3 aromatic carbocycles. The second-order valence-corrected chi connectivity index (χ2v) is 29.6. The molecule has 3 aliphatic heterocycles. The van der Waals surface area contributed by atoms with Crippen LogP contribution in [-0.4, -0.2) is 270 Å². The predicted octanol–water partition coefficient (Wildman–Crippen LogP) is 4.04. The summed E-state index contributed by atoms with van der Waals surface area (Å²) in [5.41, 5.74) is 1.86. The van der Waals surface area contributed by atoms with Crippen LogP contribution in [0.4, 0.5) is 0 Å². The van der Waals surface area contributed by atoms with E-state index < -0.39 is 189 Å². The lowest BCUT2D eigenvalue weighted by atomic mass is 9.75. The minimum Gasteiger partial charge on any atom is -0.463 e. The quantitative estimate of drug-likeness (QED) is 0.0230. The number of amides is 6. The third-order valence-corrected chi connectivity index (χ3v) is 19.6. The van der Waals surface area contributed by atoms with Gasteiger partial charge in [-0.3, -0.25) is 76.8 Å². The molecule has 0 saturated carbocycles. The van der Waals surface area contributed by atoms with Gasteiger partial charge in [0.25, 0.3) is 0 Å². The number of hydrogen-bond donors (Lipinski definition) is 5. The summed E-state index contributed by atoms with van der Waals surface area (Å²) >= 11 is 0. The molecule has 9 unspecified atom stereocenters. The topological polar surface area (TPSA) is 461 Å². The van der Waals surface area contributed by atoms with Crippen LogP contribution in [0.15, 0.2) is 91.0 Å². The third-order valence-electron chi connectivity index (χ3n) is 19.6. The van der Waals surface area contributed by atoms with Crippen molar-refractivity contribution in [2.45, 2.75) is 258 Å². The molecular weight excluding hydrogens is 1600 g/mol. The van der Waals surface area contributed by atoms with Crippen LogP contribution in [0.5, 0.6) is 0 Å². The van der Waals surface area contributed by atoms with Crippen LogP contribution in [0.25, 0.3) is 0 Å². The van der Waals surface area contributed by atoms with Gasteiger partial charge in [0.15, 0.2) is 55.5 Å². The van der Waals surface area contributed by atoms with Gasteiger partial charge in [-0.2, -0.15) is 0 Å². The van der Waals surface area contributed by atoms with Crippen molar-refractivity contribution < 1.29 is 143 Å². The molecule has 15 atom stereocenters. The summed E-state index contributed by atoms with van der Waals surface area (Å²) in [7, 11) is 0. The van der Waals surface area contributed by atoms with Crippen molar-refractivity contribution in [3.63, 3.8) is 0 Å². The van der Waals surface area contributed by atoms with E-state index in [2.05, 4.69) is 67.9 Å². The molecule has 3 fully saturated rings. The average molecular weight is 1720 g/mol. The van der Waals surface area contributed by atoms with E-state index in [1.54, 1.807) is 4.90 Å². The zero-order valence-corrected chi connectivity index (χ0v) is 71.4. The molecule has 0 aromatic heterocycles. The summed E-state index contributed by atoms with van der Waals surface area (Å²) in [6.07, 6.45) is -12.4. The molecule has 37 nitrogen and oxygen atoms in total. The lowest BCUT2D eigenvalue weighted by molar-refractivity contribution is -0.277. The molecular formula is C85H119N7O30. The Kier molecular flexibility index (Phi) is 42.7. The zero-order valence-electron chi connectivity index (χ0n) is 71.4. The van der Waals surface area contributed by atoms with E-state index in [1.807, 2.05) is 54.6 Å². The van der Waals surface area contributed by atoms with Gasteiger partial charge in [0.2, 0.25) is 35.4 Å². The van der Waals surface area contributed by atoms with E-state index >= 15 is 0 Å². The number of nitrogens with one attached hydrogen (secondary N) is 5. The summed E-state index contributed by atoms with van der Waals surface area (Å²) in [4.78, 5) is 194. The van der Waals surface area contributed by atoms with Gasteiger partial charge in [-0.25, -0.2) is 0 Å². The molecule has 37 heteroatoms. The first kappa shape index (κ1) is 100. The predicted molar refractivity (Wildman–Crippen MR) is 429 cm³/mol. The van der Waals surface area contributed by atoms with Crippen LogP contribution in [-0.2, 0) is 149 Å². The van der Waals surface area contributed by atoms with E-state index in [-0.39, 0.29) is 95.8 Å². The Hall–Kier alpha value is -10.6. The number of ether oxygens (including phenoxy) is 15. The number of esters is 9. The second-order valence-electron chi connectivity index (χ2n) is 29.6. The molecule has 3 aromatic rings. The summed E-state index contributed by atoms with van der Waals surface area (Å²) in [6, 6.07) is 26.4. The number of nitrogens with zero attached hydrogens (tertiary/aromatic N) is 2. The highest BCUT2D eigenvalue weighted by Gasteiger charge is 2.55. The minimum absolute atomic E-state index is 0.00454. The zero-order chi connectivity index (χ0) is 89.4. The number of hydrogen-bond acceptors (Lipinski definition) is 31. The summed E-state index contributed by atoms with van der Waals surface area (Å²) < 4.78 is 85.9. The second kappa shape index (κ2) is 52.0. The Labute approximate surface area is 709 Å². The van der Waals surface area contributed by atoms with Gasteiger partial charge in [0.05, 0.1) is 5.54 Å². The van der Waals surface area contributed by atoms with Crippen molar-refractivity contribution in [3.8, 4) is 0 Å². The Bertz CT molecular complexity index is 3820. The first-order chi connectivity index (χ1) is 58.2. The van der Waals surface area contributed by atoms with E-state index in [9.17, 15) is 71.9 Å². The third kappa shape index (κ3) is 33.3. The number of unbranched alkanes of at least 4 members (excludes halogenated alkanes) is 3. The fourth-order valence-corrected chi connectivity index (χ4v) is 14.7. The molecule has 5 N–H and O–H groups in total. The van der Waals surface area contributed by atoms with Crippen LogP contribution < -0.4 is 26.6 Å². The maximum Gasteiger partial charge on any atom is 0.303 e. The van der Waals surface area contributed by atoms with Crippen molar-refractivity contribution in [2.75, 3.05) is 78.9 Å². The molecule has 3 saturated heterocycles. The molecule has 3 aliphatic rings. The normalized spacial score (nSPS) is 22.4. The van der Waals surface area contributed by atoms with Crippen molar-refractivity contribution in [1.82, 2.24) is 36.4 Å². The van der Waals surface area contributed by atoms with Crippen molar-refractivity contribution >= 4 is 89.2 Å². The van der Waals surface area contributed by atoms with Gasteiger partial charge in [-0.1, -0.05) is 91.0 Å². The largest absolute Gasteiger partial charge is 0.463 e. The van der Waals surface area contributed by atoms with Crippen LogP contribution in [0.2, 0.25) is 0 Å². The van der Waals surface area contributed by atoms with Crippen LogP contribution in [0, 0.1) is 0 Å². The average Bonchev–Trinajstić information content (AvgIpc) is 0.738. The van der Waals surface area contributed by atoms with Gasteiger partial charge in [0.1, 0.15) is 56.3 Å². The van der Waals surface area contributed by atoms with Crippen molar-refractivity contribution in [3.05, 3.63) is 108 Å². The lowest BCUT2D eigenvalue weighted by Gasteiger charge is -2.46. The SMILES string of the molecule is CC(=O)NC1C(OC(C)=O)[C@@H](OC(C)=O)C(COC(C)=O)O[C@H]1OCCCCC(=O)NCCCN(CCCN(CCCNC(=O)CCCCO[C@@H]1OC(COC(C)=O)[C@H](OC(C)=O)C(OC(C)=O)C1NC(C)=O)C(c1ccccc1)(c1ccccc1)c1ccccc1)C(=O)CCCCO[C@@H]1OC(COC(C)=O)[C@H](OC(C)=O)C(OC(C)=O)C1NC(C)=O. The molecule has 0 bridgehead atoms. The molecule has 3 heterocycles. The lowest BCUT2D eigenvalue weighted by Crippen LogP contribution is -2.66. The molecule has 674 valence electrons. The Balaban J connectivity index is 1.20. The number of carbonyl (C=O) groups excluding carboxylic acids is 15. The van der Waals surface area contributed by atoms with Gasteiger partial charge in [0, 0.05) is 161 Å². The smallest absolute Gasteiger partial charge is 0.303 e. The molecule has 0 aliphatic carbocycles. The molecule has 6 rings (SSSR count). The van der Waals surface area contributed by atoms with E-state index in [4.69, 9.17) is 71.1 Å². The van der Waals surface area contributed by atoms with E-state index in [1.165, 1.54) is 27.7 Å². The Morgan fingerprint density at radius 1 is 0.328 bits per heavy atom. The fraction of sp³-hybridized carbons (Fsp3) is 0.612. The maximum atomic E-state index is 14.9. The highest BCUT2D eigenvalue weighted by molar-refractivity contribution is 5.78. The standard InChI is InChI=1S/C85H119N7O30/c1-52(93)88-73-79(117-61(10)102)76(114-58(7)99)67(49-111-55(4)96)120-82(73)108-46-25-22-37-70(105)86-40-28-42-91(72(107)39-24-27-48-110-84-75(90-54(3)95)81(119-63(12)104)78(116-60(9)101)69(122-84)51-113-57(6)98)43-30-45-92(85(64-31-16-13-17-32-64,65-33-18-14-19-34-65)66-35-20-15-21-36-66)44-29-41-87-71(106)38-23-26-47-109-83-74(89-53(2)94)80(118-62(11)103)77(115-59(8)100)68(121-83)50-112-56(5)97/h13-21,31-36,67-69,73-84H,22-30,37-51H2,1-12H3,(H,86,105)(H,87,106)(H,88,93)(H,89,94)(H,90,95)/t67?,68?,69?,73?,74?,75?,76-,77-,78-,79?,80?,81?,82+,83+,84+/m0/s1. The van der Waals surface area contributed by atoms with E-state index in [0.29, 0.717) is 58.0 Å². The van der Waals surface area contributed by atoms with Crippen LogP contribution in [0.1, 0.15) is 177 Å². The van der Waals surface area contributed by atoms with Crippen LogP contribution in [0.3, 0.4) is 0 Å². The molecule has 0 radical (unpaired) electrons. The minimum atomic E-state index is -1.36. The van der Waals surface area contributed by atoms with Gasteiger partial charge in [-0.15, -0.1) is 0 Å². The van der Waals surface area contributed by atoms with Crippen molar-refractivity contribution in [1.29, 1.82) is 0 Å². The number of rotatable bonds is 49. The van der Waals surface area contributed by atoms with Gasteiger partial charge >= 0.3 is 53.7 Å². The first-order valence-corrected chi connectivity index (χ1v) is 41.0. The van der Waals surface area contributed by atoms with Crippen molar-refractivity contribution in [2.24, 2.45) is 0 Å². The molecule has 122 heavy (non-hydrogen) atoms. The first-order valence-electron chi connectivity index (χ1n) is 41.0. The fourth-order valence-electron chi connectivity index (χ4n) is 14.7. The number of carbonyl (C=O) groups is 15.